The van der Waals surface area contributed by atoms with E-state index >= 15 is 0 Å². The Morgan fingerprint density at radius 1 is 0.969 bits per heavy atom. The predicted molar refractivity (Wildman–Crippen MR) is 116 cm³/mol. The van der Waals surface area contributed by atoms with Gasteiger partial charge in [0.25, 0.3) is 15.9 Å². The largest absolute Gasteiger partial charge is 0.484 e. The van der Waals surface area contributed by atoms with Crippen molar-refractivity contribution >= 4 is 27.3 Å². The van der Waals surface area contributed by atoms with E-state index in [4.69, 9.17) is 4.74 Å². The van der Waals surface area contributed by atoms with Crippen molar-refractivity contribution in [1.82, 2.24) is 0 Å². The number of fused-ring (bicyclic) bond motifs is 1. The summed E-state index contributed by atoms with van der Waals surface area (Å²) in [5.41, 5.74) is 1.82. The van der Waals surface area contributed by atoms with E-state index in [2.05, 4.69) is 5.32 Å². The first-order chi connectivity index (χ1) is 15.3. The highest BCUT2D eigenvalue weighted by molar-refractivity contribution is 7.92. The highest BCUT2D eigenvalue weighted by atomic mass is 32.2. The van der Waals surface area contributed by atoms with Gasteiger partial charge in [-0.15, -0.1) is 0 Å². The van der Waals surface area contributed by atoms with Crippen LogP contribution in [0.3, 0.4) is 0 Å². The highest BCUT2D eigenvalue weighted by Gasteiger charge is 2.29. The predicted octanol–water partition coefficient (Wildman–Crippen LogP) is 4.12. The monoisotopic (exact) mass is 458 g/mol. The van der Waals surface area contributed by atoms with Crippen LogP contribution < -0.4 is 14.4 Å². The second-order valence-corrected chi connectivity index (χ2v) is 9.13. The molecule has 1 heterocycles. The first-order valence-electron chi connectivity index (χ1n) is 9.92. The van der Waals surface area contributed by atoms with E-state index in [0.717, 1.165) is 17.7 Å². The van der Waals surface area contributed by atoms with Crippen molar-refractivity contribution in [2.45, 2.75) is 17.7 Å². The molecule has 0 saturated carbocycles. The Morgan fingerprint density at radius 2 is 1.62 bits per heavy atom. The molecule has 1 amide bonds. The standard InChI is InChI=1S/C23H20F2N2O4S/c24-17-3-8-20(9-4-17)31-15-23(28)26-19-7-12-22-16(14-19)2-1-13-27(22)32(29,30)21-10-5-18(25)6-11-21/h3-12,14H,1-2,13,15H2,(H,26,28). The topological polar surface area (TPSA) is 75.7 Å². The van der Waals surface area contributed by atoms with Crippen LogP contribution in [-0.2, 0) is 21.2 Å². The number of hydrogen-bond acceptors (Lipinski definition) is 4. The lowest BCUT2D eigenvalue weighted by atomic mass is 10.0. The number of nitrogens with zero attached hydrogens (tertiary/aromatic N) is 1. The average Bonchev–Trinajstić information content (AvgIpc) is 2.78. The number of ether oxygens (including phenoxy) is 1. The van der Waals surface area contributed by atoms with Crippen LogP contribution in [0, 0.1) is 11.6 Å². The SMILES string of the molecule is O=C(COc1ccc(F)cc1)Nc1ccc2c(c1)CCCN2S(=O)(=O)c1ccc(F)cc1. The van der Waals surface area contributed by atoms with Crippen LogP contribution in [0.2, 0.25) is 0 Å². The normalized spacial score (nSPS) is 13.4. The molecule has 0 fully saturated rings. The van der Waals surface area contributed by atoms with Gasteiger partial charge in [0.05, 0.1) is 10.6 Å². The van der Waals surface area contributed by atoms with Crippen molar-refractivity contribution in [1.29, 1.82) is 0 Å². The maximum Gasteiger partial charge on any atom is 0.264 e. The first kappa shape index (κ1) is 21.8. The molecule has 0 unspecified atom stereocenters. The first-order valence-corrected chi connectivity index (χ1v) is 11.4. The summed E-state index contributed by atoms with van der Waals surface area (Å²) in [5, 5.41) is 2.72. The van der Waals surface area contributed by atoms with E-state index in [-0.39, 0.29) is 11.5 Å². The van der Waals surface area contributed by atoms with Crippen LogP contribution in [-0.4, -0.2) is 27.5 Å². The number of nitrogens with one attached hydrogen (secondary N) is 1. The molecule has 0 aliphatic carbocycles. The molecular formula is C23H20F2N2O4S. The highest BCUT2D eigenvalue weighted by Crippen LogP contribution is 2.33. The molecule has 6 nitrogen and oxygen atoms in total. The maximum absolute atomic E-state index is 13.2. The van der Waals surface area contributed by atoms with Gasteiger partial charge in [-0.05, 0) is 85.1 Å². The molecule has 9 heteroatoms. The molecule has 166 valence electrons. The molecule has 1 aliphatic rings. The zero-order valence-electron chi connectivity index (χ0n) is 16.9. The van der Waals surface area contributed by atoms with Gasteiger partial charge < -0.3 is 10.1 Å². The summed E-state index contributed by atoms with van der Waals surface area (Å²) in [6.45, 7) is 0.0533. The number of hydrogen-bond donors (Lipinski definition) is 1. The molecule has 1 aliphatic heterocycles. The number of rotatable bonds is 6. The molecule has 3 aromatic rings. The summed E-state index contributed by atoms with van der Waals surface area (Å²) in [7, 11) is -3.84. The van der Waals surface area contributed by atoms with Gasteiger partial charge in [-0.2, -0.15) is 0 Å². The smallest absolute Gasteiger partial charge is 0.264 e. The Morgan fingerprint density at radius 3 is 2.31 bits per heavy atom. The van der Waals surface area contributed by atoms with Crippen molar-refractivity contribution in [3.05, 3.63) is 83.9 Å². The van der Waals surface area contributed by atoms with Gasteiger partial charge in [-0.1, -0.05) is 0 Å². The van der Waals surface area contributed by atoms with Gasteiger partial charge in [0.1, 0.15) is 17.4 Å². The van der Waals surface area contributed by atoms with Gasteiger partial charge >= 0.3 is 0 Å². The van der Waals surface area contributed by atoms with Crippen LogP contribution in [0.25, 0.3) is 0 Å². The number of anilines is 2. The molecule has 0 radical (unpaired) electrons. The molecule has 0 saturated heterocycles. The molecule has 4 rings (SSSR count). The third-order valence-corrected chi connectivity index (χ3v) is 6.85. The molecule has 0 aromatic heterocycles. The van der Waals surface area contributed by atoms with E-state index in [1.54, 1.807) is 18.2 Å². The van der Waals surface area contributed by atoms with Gasteiger partial charge in [0.15, 0.2) is 6.61 Å². The minimum Gasteiger partial charge on any atom is -0.484 e. The minimum absolute atomic E-state index is 0.0158. The van der Waals surface area contributed by atoms with E-state index in [1.165, 1.54) is 40.7 Å². The van der Waals surface area contributed by atoms with Crippen molar-refractivity contribution < 1.29 is 26.7 Å². The molecule has 3 aromatic carbocycles. The molecule has 32 heavy (non-hydrogen) atoms. The molecule has 1 N–H and O–H groups in total. The Kier molecular flexibility index (Phi) is 6.09. The number of aryl methyl sites for hydroxylation is 1. The summed E-state index contributed by atoms with van der Waals surface area (Å²) in [6.07, 6.45) is 1.26. The number of benzene rings is 3. The van der Waals surface area contributed by atoms with Crippen molar-refractivity contribution in [3.8, 4) is 5.75 Å². The van der Waals surface area contributed by atoms with E-state index < -0.39 is 27.6 Å². The average molecular weight is 458 g/mol. The van der Waals surface area contributed by atoms with Crippen molar-refractivity contribution in [3.63, 3.8) is 0 Å². The fraction of sp³-hybridized carbons (Fsp3) is 0.174. The van der Waals surface area contributed by atoms with Crippen molar-refractivity contribution in [2.24, 2.45) is 0 Å². The number of carbonyl (C=O) groups excluding carboxylic acids is 1. The molecular weight excluding hydrogens is 438 g/mol. The third-order valence-electron chi connectivity index (χ3n) is 5.02. The Balaban J connectivity index is 1.47. The second kappa shape index (κ2) is 8.96. The Hall–Kier alpha value is -3.46. The quantitative estimate of drug-likeness (QED) is 0.603. The third kappa shape index (κ3) is 4.72. The lowest BCUT2D eigenvalue weighted by molar-refractivity contribution is -0.118. The lowest BCUT2D eigenvalue weighted by Gasteiger charge is -2.31. The summed E-state index contributed by atoms with van der Waals surface area (Å²) >= 11 is 0. The number of amides is 1. The molecule has 0 atom stereocenters. The number of sulfonamides is 1. The number of halogens is 2. The molecule has 0 bridgehead atoms. The summed E-state index contributed by atoms with van der Waals surface area (Å²) in [6, 6.07) is 15.1. The number of carbonyl (C=O) groups is 1. The van der Waals surface area contributed by atoms with Gasteiger partial charge in [0, 0.05) is 12.2 Å². The molecule has 0 spiro atoms. The lowest BCUT2D eigenvalue weighted by Crippen LogP contribution is -2.35. The summed E-state index contributed by atoms with van der Waals surface area (Å²) < 4.78 is 58.9. The Bertz CT molecular complexity index is 1230. The van der Waals surface area contributed by atoms with Crippen LogP contribution in [0.5, 0.6) is 5.75 Å². The maximum atomic E-state index is 13.2. The van der Waals surface area contributed by atoms with Crippen LogP contribution >= 0.6 is 0 Å². The zero-order valence-corrected chi connectivity index (χ0v) is 17.7. The fourth-order valence-corrected chi connectivity index (χ4v) is 5.04. The van der Waals surface area contributed by atoms with Crippen LogP contribution in [0.1, 0.15) is 12.0 Å². The zero-order chi connectivity index (χ0) is 22.7. The van der Waals surface area contributed by atoms with Crippen LogP contribution in [0.15, 0.2) is 71.6 Å². The summed E-state index contributed by atoms with van der Waals surface area (Å²) in [5.74, 6) is -0.937. The van der Waals surface area contributed by atoms with Gasteiger partial charge in [0.2, 0.25) is 0 Å². The Labute approximate surface area is 184 Å². The van der Waals surface area contributed by atoms with Gasteiger partial charge in [-0.3, -0.25) is 9.10 Å². The van der Waals surface area contributed by atoms with E-state index in [0.29, 0.717) is 36.5 Å². The van der Waals surface area contributed by atoms with E-state index in [1.807, 2.05) is 0 Å². The second-order valence-electron chi connectivity index (χ2n) is 7.27. The van der Waals surface area contributed by atoms with E-state index in [9.17, 15) is 22.0 Å². The minimum atomic E-state index is -3.84. The fourth-order valence-electron chi connectivity index (χ4n) is 3.50. The van der Waals surface area contributed by atoms with Gasteiger partial charge in [-0.25, -0.2) is 17.2 Å². The summed E-state index contributed by atoms with van der Waals surface area (Å²) in [4.78, 5) is 12.2. The van der Waals surface area contributed by atoms with Crippen molar-refractivity contribution in [2.75, 3.05) is 22.8 Å². The van der Waals surface area contributed by atoms with Crippen LogP contribution in [0.4, 0.5) is 20.2 Å².